The van der Waals surface area contributed by atoms with Crippen molar-refractivity contribution in [3.8, 4) is 0 Å². The van der Waals surface area contributed by atoms with Gasteiger partial charge in [-0.25, -0.2) is 9.97 Å². The van der Waals surface area contributed by atoms with Crippen LogP contribution in [0.4, 0.5) is 5.95 Å². The van der Waals surface area contributed by atoms with Crippen molar-refractivity contribution < 1.29 is 4.74 Å². The number of rotatable bonds is 2. The summed E-state index contributed by atoms with van der Waals surface area (Å²) in [5, 5.41) is 0.577. The number of pyridine rings is 1. The zero-order chi connectivity index (χ0) is 12.5. The highest BCUT2D eigenvalue weighted by atomic mass is 35.5. The molecule has 6 heteroatoms. The first-order valence-corrected chi connectivity index (χ1v) is 6.47. The summed E-state index contributed by atoms with van der Waals surface area (Å²) in [6.45, 7) is 2.45. The highest BCUT2D eigenvalue weighted by Gasteiger charge is 2.18. The number of halogens is 1. The van der Waals surface area contributed by atoms with E-state index in [1.54, 1.807) is 12.3 Å². The molecule has 5 nitrogen and oxygen atoms in total. The smallest absolute Gasteiger partial charge is 0.202 e. The molecule has 2 aromatic rings. The molecular formula is C12H15ClN4O. The lowest BCUT2D eigenvalue weighted by molar-refractivity contribution is 0.0489. The number of aromatic nitrogens is 3. The quantitative estimate of drug-likeness (QED) is 0.904. The van der Waals surface area contributed by atoms with Crippen LogP contribution in [0.2, 0.25) is 5.02 Å². The molecule has 0 bridgehead atoms. The van der Waals surface area contributed by atoms with Crippen molar-refractivity contribution in [3.05, 3.63) is 17.3 Å². The number of hydrogen-bond donors (Lipinski definition) is 1. The van der Waals surface area contributed by atoms with Gasteiger partial charge in [0.15, 0.2) is 5.65 Å². The highest BCUT2D eigenvalue weighted by molar-refractivity contribution is 6.31. The Labute approximate surface area is 110 Å². The van der Waals surface area contributed by atoms with Gasteiger partial charge in [0.1, 0.15) is 5.52 Å². The first kappa shape index (κ1) is 11.7. The van der Waals surface area contributed by atoms with E-state index < -0.39 is 0 Å². The molecule has 18 heavy (non-hydrogen) atoms. The van der Waals surface area contributed by atoms with E-state index in [4.69, 9.17) is 22.1 Å². The van der Waals surface area contributed by atoms with Crippen LogP contribution in [0.1, 0.15) is 12.8 Å². The van der Waals surface area contributed by atoms with Gasteiger partial charge in [-0.05, 0) is 18.9 Å². The van der Waals surface area contributed by atoms with Crippen LogP contribution in [0, 0.1) is 5.92 Å². The zero-order valence-corrected chi connectivity index (χ0v) is 10.7. The molecule has 1 saturated heterocycles. The van der Waals surface area contributed by atoms with Crippen molar-refractivity contribution in [1.82, 2.24) is 14.5 Å². The Kier molecular flexibility index (Phi) is 3.09. The van der Waals surface area contributed by atoms with E-state index in [0.717, 1.165) is 43.8 Å². The van der Waals surface area contributed by atoms with Crippen LogP contribution in [0.5, 0.6) is 0 Å². The molecule has 0 saturated carbocycles. The van der Waals surface area contributed by atoms with Crippen molar-refractivity contribution in [3.63, 3.8) is 0 Å². The summed E-state index contributed by atoms with van der Waals surface area (Å²) in [4.78, 5) is 8.61. The van der Waals surface area contributed by atoms with Gasteiger partial charge in [0.25, 0.3) is 0 Å². The van der Waals surface area contributed by atoms with E-state index in [-0.39, 0.29) is 0 Å². The summed E-state index contributed by atoms with van der Waals surface area (Å²) in [5.74, 6) is 0.973. The van der Waals surface area contributed by atoms with E-state index in [0.29, 0.717) is 16.9 Å². The topological polar surface area (TPSA) is 66.0 Å². The average Bonchev–Trinajstić information content (AvgIpc) is 2.66. The fraction of sp³-hybridized carbons (Fsp3) is 0.500. The Morgan fingerprint density at radius 3 is 3.22 bits per heavy atom. The molecule has 2 aromatic heterocycles. The van der Waals surface area contributed by atoms with Crippen molar-refractivity contribution in [2.75, 3.05) is 18.9 Å². The number of hydrogen-bond acceptors (Lipinski definition) is 4. The third-order valence-electron chi connectivity index (χ3n) is 3.28. The summed E-state index contributed by atoms with van der Waals surface area (Å²) >= 11 is 5.90. The molecule has 96 valence electrons. The van der Waals surface area contributed by atoms with Crippen LogP contribution in [-0.4, -0.2) is 27.7 Å². The highest BCUT2D eigenvalue weighted by Crippen LogP contribution is 2.23. The predicted molar refractivity (Wildman–Crippen MR) is 70.5 cm³/mol. The Hall–Kier alpha value is -1.33. The second-order valence-electron chi connectivity index (χ2n) is 4.66. The van der Waals surface area contributed by atoms with Gasteiger partial charge in [-0.15, -0.1) is 0 Å². The van der Waals surface area contributed by atoms with E-state index in [1.165, 1.54) is 0 Å². The van der Waals surface area contributed by atoms with Crippen molar-refractivity contribution in [1.29, 1.82) is 0 Å². The lowest BCUT2D eigenvalue weighted by atomic mass is 10.0. The number of fused-ring (bicyclic) bond motifs is 1. The Bertz CT molecular complexity index is 562. The van der Waals surface area contributed by atoms with Crippen molar-refractivity contribution in [2.45, 2.75) is 19.4 Å². The van der Waals surface area contributed by atoms with Crippen molar-refractivity contribution >= 4 is 28.7 Å². The maximum atomic E-state index is 5.95. The zero-order valence-electron chi connectivity index (χ0n) is 9.97. The maximum Gasteiger partial charge on any atom is 0.202 e. The normalized spacial score (nSPS) is 20.4. The number of nitrogens with two attached hydrogens (primary N) is 1. The van der Waals surface area contributed by atoms with E-state index >= 15 is 0 Å². The molecule has 2 N–H and O–H groups in total. The van der Waals surface area contributed by atoms with Crippen LogP contribution >= 0.6 is 11.6 Å². The number of ether oxygens (including phenoxy) is 1. The van der Waals surface area contributed by atoms with Crippen LogP contribution in [0.15, 0.2) is 12.3 Å². The molecular weight excluding hydrogens is 252 g/mol. The van der Waals surface area contributed by atoms with Gasteiger partial charge >= 0.3 is 0 Å². The Morgan fingerprint density at radius 1 is 1.56 bits per heavy atom. The fourth-order valence-corrected chi connectivity index (χ4v) is 2.55. The van der Waals surface area contributed by atoms with E-state index in [1.807, 2.05) is 4.57 Å². The van der Waals surface area contributed by atoms with Crippen molar-refractivity contribution in [2.24, 2.45) is 5.92 Å². The lowest BCUT2D eigenvalue weighted by Crippen LogP contribution is -2.22. The van der Waals surface area contributed by atoms with Gasteiger partial charge in [-0.1, -0.05) is 11.6 Å². The fourth-order valence-electron chi connectivity index (χ4n) is 2.39. The second kappa shape index (κ2) is 4.74. The summed E-state index contributed by atoms with van der Waals surface area (Å²) in [7, 11) is 0. The van der Waals surface area contributed by atoms with Gasteiger partial charge in [0, 0.05) is 25.3 Å². The molecule has 1 aliphatic rings. The minimum absolute atomic E-state index is 0.482. The SMILES string of the molecule is Nc1nc2cc(Cl)cnc2n1CC1CCCOC1. The number of imidazole rings is 1. The third kappa shape index (κ3) is 2.15. The van der Waals surface area contributed by atoms with E-state index in [9.17, 15) is 0 Å². The summed E-state index contributed by atoms with van der Waals surface area (Å²) in [6, 6.07) is 1.79. The third-order valence-corrected chi connectivity index (χ3v) is 3.48. The predicted octanol–water partition coefficient (Wildman–Crippen LogP) is 2.09. The molecule has 0 amide bonds. The minimum Gasteiger partial charge on any atom is -0.381 e. The molecule has 0 aromatic carbocycles. The summed E-state index contributed by atoms with van der Waals surface area (Å²) in [5.41, 5.74) is 7.49. The maximum absolute atomic E-state index is 5.95. The summed E-state index contributed by atoms with van der Waals surface area (Å²) in [6.07, 6.45) is 3.89. The van der Waals surface area contributed by atoms with Crippen LogP contribution in [-0.2, 0) is 11.3 Å². The number of nitrogens with zero attached hydrogens (tertiary/aromatic N) is 3. The lowest BCUT2D eigenvalue weighted by Gasteiger charge is -2.22. The Balaban J connectivity index is 1.92. The van der Waals surface area contributed by atoms with Gasteiger partial charge < -0.3 is 10.5 Å². The molecule has 1 unspecified atom stereocenters. The monoisotopic (exact) mass is 266 g/mol. The molecule has 0 radical (unpaired) electrons. The van der Waals surface area contributed by atoms with Crippen LogP contribution < -0.4 is 5.73 Å². The molecule has 3 heterocycles. The van der Waals surface area contributed by atoms with Gasteiger partial charge in [0.2, 0.25) is 5.95 Å². The average molecular weight is 267 g/mol. The number of nitrogen functional groups attached to an aromatic ring is 1. The Morgan fingerprint density at radius 2 is 2.44 bits per heavy atom. The first-order valence-electron chi connectivity index (χ1n) is 6.09. The molecule has 1 fully saturated rings. The van der Waals surface area contributed by atoms with Crippen LogP contribution in [0.3, 0.4) is 0 Å². The standard InChI is InChI=1S/C12H15ClN4O/c13-9-4-10-11(15-5-9)17(12(14)16-10)6-8-2-1-3-18-7-8/h4-5,8H,1-3,6-7H2,(H2,14,16). The first-order chi connectivity index (χ1) is 8.74. The van der Waals surface area contributed by atoms with Gasteiger partial charge in [-0.2, -0.15) is 0 Å². The largest absolute Gasteiger partial charge is 0.381 e. The molecule has 3 rings (SSSR count). The van der Waals surface area contributed by atoms with E-state index in [2.05, 4.69) is 9.97 Å². The molecule has 1 aliphatic heterocycles. The molecule has 0 aliphatic carbocycles. The summed E-state index contributed by atoms with van der Waals surface area (Å²) < 4.78 is 7.44. The van der Waals surface area contributed by atoms with Gasteiger partial charge in [-0.3, -0.25) is 4.57 Å². The molecule has 1 atom stereocenters. The minimum atomic E-state index is 0.482. The number of anilines is 1. The second-order valence-corrected chi connectivity index (χ2v) is 5.10. The van der Waals surface area contributed by atoms with Crippen LogP contribution in [0.25, 0.3) is 11.2 Å². The van der Waals surface area contributed by atoms with Gasteiger partial charge in [0.05, 0.1) is 11.6 Å². The molecule has 0 spiro atoms.